The number of hydrogen-bond acceptors (Lipinski definition) is 4. The van der Waals surface area contributed by atoms with E-state index in [9.17, 15) is 8.42 Å². The lowest BCUT2D eigenvalue weighted by molar-refractivity contribution is 0.105. The van der Waals surface area contributed by atoms with E-state index in [4.69, 9.17) is 9.73 Å². The average molecular weight is 516 g/mol. The summed E-state index contributed by atoms with van der Waals surface area (Å²) in [5, 5.41) is 6.84. The van der Waals surface area contributed by atoms with Crippen molar-refractivity contribution >= 4 is 39.8 Å². The Balaban J connectivity index is 0.00000364. The summed E-state index contributed by atoms with van der Waals surface area (Å²) in [6.45, 7) is 7.99. The number of nitrogens with one attached hydrogen (secondary N) is 2. The van der Waals surface area contributed by atoms with E-state index in [1.807, 2.05) is 6.92 Å². The molecule has 2 aliphatic carbocycles. The highest BCUT2D eigenvalue weighted by atomic mass is 127. The number of nitrogens with zero attached hydrogens (tertiary/aromatic N) is 1. The molecular weight excluding hydrogens is 477 g/mol. The SMILES string of the molecule is CCNC(=NCC1(CS(C)(=O)=O)CC1)NCC1(CCOCC)CCCC1.I. The maximum Gasteiger partial charge on any atom is 0.191 e. The minimum atomic E-state index is -2.95. The fraction of sp³-hybridized carbons (Fsp3) is 0.947. The Morgan fingerprint density at radius 2 is 1.74 bits per heavy atom. The second-order valence-corrected chi connectivity index (χ2v) is 10.4. The summed E-state index contributed by atoms with van der Waals surface area (Å²) in [6.07, 6.45) is 9.39. The van der Waals surface area contributed by atoms with Gasteiger partial charge >= 0.3 is 0 Å². The molecule has 0 aromatic rings. The first-order valence-electron chi connectivity index (χ1n) is 10.1. The third kappa shape index (κ3) is 8.85. The number of halogens is 1. The van der Waals surface area contributed by atoms with E-state index in [1.54, 1.807) is 0 Å². The van der Waals surface area contributed by atoms with Crippen molar-refractivity contribution in [3.63, 3.8) is 0 Å². The highest BCUT2D eigenvalue weighted by molar-refractivity contribution is 14.0. The Morgan fingerprint density at radius 1 is 1.07 bits per heavy atom. The van der Waals surface area contributed by atoms with Crippen LogP contribution in [0.5, 0.6) is 0 Å². The van der Waals surface area contributed by atoms with Crippen molar-refractivity contribution in [2.45, 2.75) is 58.8 Å². The number of rotatable bonds is 11. The van der Waals surface area contributed by atoms with Gasteiger partial charge in [0.15, 0.2) is 5.96 Å². The van der Waals surface area contributed by atoms with Crippen LogP contribution in [-0.4, -0.2) is 59.2 Å². The van der Waals surface area contributed by atoms with Crippen molar-refractivity contribution in [1.29, 1.82) is 0 Å². The molecule has 2 saturated carbocycles. The molecule has 8 heteroatoms. The molecule has 6 nitrogen and oxygen atoms in total. The van der Waals surface area contributed by atoms with Gasteiger partial charge in [-0.3, -0.25) is 4.99 Å². The maximum atomic E-state index is 11.6. The van der Waals surface area contributed by atoms with Gasteiger partial charge in [0.2, 0.25) is 0 Å². The molecule has 2 fully saturated rings. The van der Waals surface area contributed by atoms with Gasteiger partial charge in [-0.25, -0.2) is 8.42 Å². The molecule has 0 aliphatic heterocycles. The zero-order valence-electron chi connectivity index (χ0n) is 17.2. The summed E-state index contributed by atoms with van der Waals surface area (Å²) in [5.41, 5.74) is 0.172. The van der Waals surface area contributed by atoms with E-state index >= 15 is 0 Å². The van der Waals surface area contributed by atoms with E-state index in [0.717, 1.165) is 51.5 Å². The number of sulfone groups is 1. The summed E-state index contributed by atoms with van der Waals surface area (Å²) in [5.74, 6) is 1.07. The minimum absolute atomic E-state index is 0. The fourth-order valence-electron chi connectivity index (χ4n) is 4.01. The number of ether oxygens (including phenoxy) is 1. The number of guanidine groups is 1. The van der Waals surface area contributed by atoms with Gasteiger partial charge in [0.25, 0.3) is 0 Å². The Bertz CT molecular complexity index is 571. The largest absolute Gasteiger partial charge is 0.382 e. The smallest absolute Gasteiger partial charge is 0.191 e. The molecule has 0 unspecified atom stereocenters. The fourth-order valence-corrected chi connectivity index (χ4v) is 5.51. The predicted molar refractivity (Wildman–Crippen MR) is 123 cm³/mol. The second kappa shape index (κ2) is 11.2. The third-order valence-corrected chi connectivity index (χ3v) is 6.85. The van der Waals surface area contributed by atoms with Crippen LogP contribution >= 0.6 is 24.0 Å². The van der Waals surface area contributed by atoms with Crippen molar-refractivity contribution in [3.05, 3.63) is 0 Å². The summed E-state index contributed by atoms with van der Waals surface area (Å²) in [4.78, 5) is 4.72. The minimum Gasteiger partial charge on any atom is -0.382 e. The van der Waals surface area contributed by atoms with Gasteiger partial charge < -0.3 is 15.4 Å². The van der Waals surface area contributed by atoms with Gasteiger partial charge in [-0.05, 0) is 51.4 Å². The lowest BCUT2D eigenvalue weighted by Gasteiger charge is -2.30. The normalized spacial score (nSPS) is 20.8. The zero-order chi connectivity index (χ0) is 19.1. The number of hydrogen-bond donors (Lipinski definition) is 2. The van der Waals surface area contributed by atoms with Crippen LogP contribution in [0.1, 0.15) is 58.8 Å². The van der Waals surface area contributed by atoms with Crippen molar-refractivity contribution in [2.24, 2.45) is 15.8 Å². The first-order chi connectivity index (χ1) is 12.3. The summed E-state index contributed by atoms with van der Waals surface area (Å²) in [6, 6.07) is 0. The molecule has 0 aromatic carbocycles. The Morgan fingerprint density at radius 3 is 2.26 bits per heavy atom. The standard InChI is InChI=1S/C19H37N3O3S.HI/c1-4-20-17(22-15-19(10-11-19)16-26(3,23)24)21-14-18(8-6-7-9-18)12-13-25-5-2;/h4-16H2,1-3H3,(H2,20,21,22);1H. The van der Waals surface area contributed by atoms with E-state index < -0.39 is 9.84 Å². The van der Waals surface area contributed by atoms with Gasteiger partial charge in [0.05, 0.1) is 5.75 Å². The molecule has 0 atom stereocenters. The molecule has 2 rings (SSSR count). The van der Waals surface area contributed by atoms with Crippen molar-refractivity contribution < 1.29 is 13.2 Å². The van der Waals surface area contributed by atoms with Gasteiger partial charge in [0.1, 0.15) is 9.84 Å². The van der Waals surface area contributed by atoms with Crippen LogP contribution in [0.4, 0.5) is 0 Å². The second-order valence-electron chi connectivity index (χ2n) is 8.27. The molecule has 0 saturated heterocycles. The summed E-state index contributed by atoms with van der Waals surface area (Å²) >= 11 is 0. The molecule has 2 N–H and O–H groups in total. The van der Waals surface area contributed by atoms with Gasteiger partial charge in [-0.15, -0.1) is 24.0 Å². The maximum absolute atomic E-state index is 11.6. The first-order valence-corrected chi connectivity index (χ1v) is 12.2. The molecule has 0 bridgehead atoms. The Kier molecular flexibility index (Phi) is 10.3. The summed E-state index contributed by atoms with van der Waals surface area (Å²) in [7, 11) is -2.95. The van der Waals surface area contributed by atoms with E-state index in [-0.39, 0.29) is 35.1 Å². The van der Waals surface area contributed by atoms with Gasteiger partial charge in [-0.1, -0.05) is 12.8 Å². The molecule has 2 aliphatic rings. The molecule has 27 heavy (non-hydrogen) atoms. The van der Waals surface area contributed by atoms with Crippen LogP contribution in [0.3, 0.4) is 0 Å². The molecule has 0 aromatic heterocycles. The Hall–Kier alpha value is -0.0900. The summed E-state index contributed by atoms with van der Waals surface area (Å²) < 4.78 is 28.9. The molecule has 0 spiro atoms. The monoisotopic (exact) mass is 515 g/mol. The van der Waals surface area contributed by atoms with Crippen molar-refractivity contribution in [1.82, 2.24) is 10.6 Å². The molecule has 0 radical (unpaired) electrons. The topological polar surface area (TPSA) is 79.8 Å². The van der Waals surface area contributed by atoms with E-state index in [1.165, 1.54) is 31.9 Å². The molecule has 160 valence electrons. The molecule has 0 amide bonds. The number of aliphatic imine (C=N–C) groups is 1. The zero-order valence-corrected chi connectivity index (χ0v) is 20.3. The van der Waals surface area contributed by atoms with Gasteiger partial charge in [-0.2, -0.15) is 0 Å². The lowest BCUT2D eigenvalue weighted by atomic mass is 9.83. The van der Waals surface area contributed by atoms with E-state index in [0.29, 0.717) is 12.0 Å². The highest BCUT2D eigenvalue weighted by Gasteiger charge is 2.45. The quantitative estimate of drug-likeness (QED) is 0.192. The first kappa shape index (κ1) is 24.9. The van der Waals surface area contributed by atoms with E-state index in [2.05, 4.69) is 17.6 Å². The third-order valence-electron chi connectivity index (χ3n) is 5.72. The van der Waals surface area contributed by atoms with Crippen LogP contribution in [0.15, 0.2) is 4.99 Å². The predicted octanol–water partition coefficient (Wildman–Crippen LogP) is 2.97. The van der Waals surface area contributed by atoms with Gasteiger partial charge in [0, 0.05) is 44.5 Å². The Labute approximate surface area is 182 Å². The van der Waals surface area contributed by atoms with Crippen LogP contribution < -0.4 is 10.6 Å². The molecular formula is C19H38IN3O3S. The lowest BCUT2D eigenvalue weighted by Crippen LogP contribution is -2.43. The van der Waals surface area contributed by atoms with Crippen LogP contribution in [-0.2, 0) is 14.6 Å². The van der Waals surface area contributed by atoms with Crippen LogP contribution in [0, 0.1) is 10.8 Å². The van der Waals surface area contributed by atoms with Crippen molar-refractivity contribution in [2.75, 3.05) is 44.9 Å². The van der Waals surface area contributed by atoms with Crippen LogP contribution in [0.25, 0.3) is 0 Å². The highest BCUT2D eigenvalue weighted by Crippen LogP contribution is 2.47. The van der Waals surface area contributed by atoms with Crippen LogP contribution in [0.2, 0.25) is 0 Å². The molecule has 0 heterocycles. The van der Waals surface area contributed by atoms with Crippen molar-refractivity contribution in [3.8, 4) is 0 Å². The average Bonchev–Trinajstić information content (AvgIpc) is 3.15.